The fourth-order valence-electron chi connectivity index (χ4n) is 2.20. The lowest BCUT2D eigenvalue weighted by atomic mass is 10.0. The molecule has 0 aromatic heterocycles. The second-order valence-corrected chi connectivity index (χ2v) is 6.45. The molecular weight excluding hydrogens is 360 g/mol. The molecule has 0 unspecified atom stereocenters. The second kappa shape index (κ2) is 11.6. The fourth-order valence-corrected chi connectivity index (χ4v) is 2.20. The highest BCUT2D eigenvalue weighted by molar-refractivity contribution is 5.95. The third kappa shape index (κ3) is 7.65. The first kappa shape index (κ1) is 23.0. The number of amides is 2. The summed E-state index contributed by atoms with van der Waals surface area (Å²) < 4.78 is 10.3. The normalized spacial score (nSPS) is 12.9. The molecule has 0 saturated carbocycles. The van der Waals surface area contributed by atoms with E-state index < -0.39 is 29.9 Å². The van der Waals surface area contributed by atoms with Gasteiger partial charge < -0.3 is 20.1 Å². The molecule has 2 atom stereocenters. The van der Waals surface area contributed by atoms with Crippen molar-refractivity contribution in [3.05, 3.63) is 48.6 Å². The van der Waals surface area contributed by atoms with Crippen molar-refractivity contribution in [1.82, 2.24) is 10.6 Å². The monoisotopic (exact) mass is 388 g/mol. The molecule has 7 heteroatoms. The minimum Gasteiger partial charge on any atom is -0.497 e. The Kier molecular flexibility index (Phi) is 9.50. The number of nitrogens with one attached hydrogen (secondary N) is 2. The Labute approximate surface area is 165 Å². The van der Waals surface area contributed by atoms with Crippen molar-refractivity contribution in [2.45, 2.75) is 32.9 Å². The standard InChI is InChI=1S/C21H28N2O5/c1-6-13-22-20(25)15(4)28-21(26)19(14(2)3)23-18(24)12-9-16-7-10-17(27-5)11-8-16/h6-12,14-15,19H,1,13H2,2-5H3,(H,22,25)(H,23,24)/b12-9+/t15-,19-/m1/s1. The van der Waals surface area contributed by atoms with E-state index in [2.05, 4.69) is 17.2 Å². The molecule has 0 spiro atoms. The van der Waals surface area contributed by atoms with Crippen LogP contribution in [-0.4, -0.2) is 43.6 Å². The number of carbonyl (C=O) groups is 3. The second-order valence-electron chi connectivity index (χ2n) is 6.45. The predicted octanol–water partition coefficient (Wildman–Crippen LogP) is 2.08. The van der Waals surface area contributed by atoms with E-state index in [1.165, 1.54) is 19.1 Å². The Morgan fingerprint density at radius 2 is 1.79 bits per heavy atom. The highest BCUT2D eigenvalue weighted by atomic mass is 16.5. The Hall–Kier alpha value is -3.09. The third-order valence-corrected chi connectivity index (χ3v) is 3.84. The van der Waals surface area contributed by atoms with Crippen LogP contribution in [0.2, 0.25) is 0 Å². The average Bonchev–Trinajstić information content (AvgIpc) is 2.68. The Balaban J connectivity index is 2.67. The summed E-state index contributed by atoms with van der Waals surface area (Å²) in [4.78, 5) is 36.4. The van der Waals surface area contributed by atoms with E-state index in [0.29, 0.717) is 0 Å². The number of hydrogen-bond donors (Lipinski definition) is 2. The molecule has 0 aliphatic heterocycles. The zero-order valence-electron chi connectivity index (χ0n) is 16.7. The zero-order chi connectivity index (χ0) is 21.1. The van der Waals surface area contributed by atoms with Gasteiger partial charge in [0.2, 0.25) is 5.91 Å². The van der Waals surface area contributed by atoms with Crippen LogP contribution in [0.4, 0.5) is 0 Å². The number of esters is 1. The zero-order valence-corrected chi connectivity index (χ0v) is 16.7. The SMILES string of the molecule is C=CCNC(=O)[C@@H](C)OC(=O)[C@H](NC(=O)/C=C/c1ccc(OC)cc1)C(C)C. The molecule has 0 aliphatic rings. The van der Waals surface area contributed by atoms with Crippen LogP contribution in [0.5, 0.6) is 5.75 Å². The Morgan fingerprint density at radius 3 is 2.32 bits per heavy atom. The van der Waals surface area contributed by atoms with E-state index in [1.807, 2.05) is 0 Å². The van der Waals surface area contributed by atoms with Crippen molar-refractivity contribution in [1.29, 1.82) is 0 Å². The molecule has 2 amide bonds. The van der Waals surface area contributed by atoms with Crippen molar-refractivity contribution in [3.63, 3.8) is 0 Å². The first-order valence-electron chi connectivity index (χ1n) is 9.00. The van der Waals surface area contributed by atoms with E-state index in [4.69, 9.17) is 9.47 Å². The van der Waals surface area contributed by atoms with Crippen LogP contribution < -0.4 is 15.4 Å². The Bertz CT molecular complexity index is 710. The van der Waals surface area contributed by atoms with Gasteiger partial charge in [-0.3, -0.25) is 9.59 Å². The molecule has 152 valence electrons. The lowest BCUT2D eigenvalue weighted by Crippen LogP contribution is -2.47. The molecule has 0 radical (unpaired) electrons. The van der Waals surface area contributed by atoms with Crippen LogP contribution >= 0.6 is 0 Å². The minimum absolute atomic E-state index is 0.214. The van der Waals surface area contributed by atoms with Crippen LogP contribution in [0.15, 0.2) is 43.0 Å². The number of rotatable bonds is 10. The number of benzene rings is 1. The highest BCUT2D eigenvalue weighted by Crippen LogP contribution is 2.12. The summed E-state index contributed by atoms with van der Waals surface area (Å²) in [6.45, 7) is 8.81. The maximum absolute atomic E-state index is 12.4. The third-order valence-electron chi connectivity index (χ3n) is 3.84. The van der Waals surface area contributed by atoms with Gasteiger partial charge in [0, 0.05) is 12.6 Å². The van der Waals surface area contributed by atoms with Crippen molar-refractivity contribution >= 4 is 23.9 Å². The van der Waals surface area contributed by atoms with Crippen molar-refractivity contribution in [2.75, 3.05) is 13.7 Å². The fraction of sp³-hybridized carbons (Fsp3) is 0.381. The van der Waals surface area contributed by atoms with Gasteiger partial charge in [0.15, 0.2) is 6.10 Å². The highest BCUT2D eigenvalue weighted by Gasteiger charge is 2.28. The molecule has 0 bridgehead atoms. The Morgan fingerprint density at radius 1 is 1.14 bits per heavy atom. The molecule has 0 heterocycles. The van der Waals surface area contributed by atoms with E-state index in [0.717, 1.165) is 11.3 Å². The molecule has 28 heavy (non-hydrogen) atoms. The molecule has 0 fully saturated rings. The van der Waals surface area contributed by atoms with E-state index in [9.17, 15) is 14.4 Å². The first-order valence-corrected chi connectivity index (χ1v) is 9.00. The molecule has 7 nitrogen and oxygen atoms in total. The number of carbonyl (C=O) groups excluding carboxylic acids is 3. The molecule has 0 saturated heterocycles. The molecule has 1 aromatic carbocycles. The maximum atomic E-state index is 12.4. The molecule has 1 rings (SSSR count). The lowest BCUT2D eigenvalue weighted by Gasteiger charge is -2.22. The van der Waals surface area contributed by atoms with Gasteiger partial charge >= 0.3 is 5.97 Å². The van der Waals surface area contributed by atoms with Crippen LogP contribution in [0.25, 0.3) is 6.08 Å². The number of ether oxygens (including phenoxy) is 2. The van der Waals surface area contributed by atoms with Crippen LogP contribution in [0, 0.1) is 5.92 Å². The van der Waals surface area contributed by atoms with Gasteiger partial charge in [-0.05, 0) is 36.6 Å². The lowest BCUT2D eigenvalue weighted by molar-refractivity contribution is -0.158. The van der Waals surface area contributed by atoms with Gasteiger partial charge in [-0.1, -0.05) is 32.1 Å². The largest absolute Gasteiger partial charge is 0.497 e. The minimum atomic E-state index is -0.972. The van der Waals surface area contributed by atoms with Gasteiger partial charge in [-0.25, -0.2) is 4.79 Å². The average molecular weight is 388 g/mol. The van der Waals surface area contributed by atoms with Crippen molar-refractivity contribution in [3.8, 4) is 5.75 Å². The summed E-state index contributed by atoms with van der Waals surface area (Å²) in [5.41, 5.74) is 0.812. The van der Waals surface area contributed by atoms with E-state index in [1.54, 1.807) is 51.3 Å². The smallest absolute Gasteiger partial charge is 0.329 e. The van der Waals surface area contributed by atoms with Crippen LogP contribution in [0.1, 0.15) is 26.3 Å². The van der Waals surface area contributed by atoms with Gasteiger partial charge in [-0.2, -0.15) is 0 Å². The van der Waals surface area contributed by atoms with Crippen LogP contribution in [-0.2, 0) is 19.1 Å². The van der Waals surface area contributed by atoms with Crippen molar-refractivity contribution < 1.29 is 23.9 Å². The summed E-state index contributed by atoms with van der Waals surface area (Å²) in [7, 11) is 1.58. The molecule has 0 aliphatic carbocycles. The summed E-state index contributed by atoms with van der Waals surface area (Å²) in [6.07, 6.45) is 3.52. The maximum Gasteiger partial charge on any atom is 0.329 e. The van der Waals surface area contributed by atoms with Gasteiger partial charge in [0.05, 0.1) is 7.11 Å². The van der Waals surface area contributed by atoms with Gasteiger partial charge in [-0.15, -0.1) is 6.58 Å². The number of hydrogen-bond acceptors (Lipinski definition) is 5. The molecule has 2 N–H and O–H groups in total. The van der Waals surface area contributed by atoms with Crippen LogP contribution in [0.3, 0.4) is 0 Å². The summed E-state index contributed by atoms with van der Waals surface area (Å²) >= 11 is 0. The predicted molar refractivity (Wildman–Crippen MR) is 108 cm³/mol. The van der Waals surface area contributed by atoms with Gasteiger partial charge in [0.1, 0.15) is 11.8 Å². The van der Waals surface area contributed by atoms with E-state index in [-0.39, 0.29) is 12.5 Å². The van der Waals surface area contributed by atoms with Crippen molar-refractivity contribution in [2.24, 2.45) is 5.92 Å². The first-order chi connectivity index (χ1) is 13.3. The molecular formula is C21H28N2O5. The summed E-state index contributed by atoms with van der Waals surface area (Å²) in [5, 5.41) is 5.17. The topological polar surface area (TPSA) is 93.7 Å². The molecule has 1 aromatic rings. The summed E-state index contributed by atoms with van der Waals surface area (Å²) in [6, 6.07) is 6.30. The number of methoxy groups -OCH3 is 1. The quantitative estimate of drug-likeness (QED) is 0.364. The van der Waals surface area contributed by atoms with Gasteiger partial charge in [0.25, 0.3) is 5.91 Å². The summed E-state index contributed by atoms with van der Waals surface area (Å²) in [5.74, 6) is -1.02. The van der Waals surface area contributed by atoms with E-state index >= 15 is 0 Å².